The normalized spacial score (nSPS) is 43.0. The first-order valence-electron chi connectivity index (χ1n) is 4.95. The Labute approximate surface area is 74.7 Å². The third-order valence-electron chi connectivity index (χ3n) is 3.35. The summed E-state index contributed by atoms with van der Waals surface area (Å²) in [4.78, 5) is 5.21. The molecule has 3 heterocycles. The molecule has 2 unspecified atom stereocenters. The summed E-state index contributed by atoms with van der Waals surface area (Å²) in [6.07, 6.45) is 0. The van der Waals surface area contributed by atoms with Crippen LogP contribution in [0.15, 0.2) is 0 Å². The summed E-state index contributed by atoms with van der Waals surface area (Å²) in [5, 5.41) is 3.35. The first-order valence-corrected chi connectivity index (χ1v) is 4.95. The van der Waals surface area contributed by atoms with Crippen LogP contribution < -0.4 is 5.32 Å². The molecule has 0 aromatic heterocycles. The Kier molecular flexibility index (Phi) is 2.35. The topological polar surface area (TPSA) is 18.5 Å². The highest BCUT2D eigenvalue weighted by molar-refractivity contribution is 4.92. The van der Waals surface area contributed by atoms with Crippen LogP contribution in [-0.4, -0.2) is 61.7 Å². The number of hydrogen-bond acceptors (Lipinski definition) is 3. The molecule has 3 aliphatic heterocycles. The second kappa shape index (κ2) is 3.32. The van der Waals surface area contributed by atoms with Crippen molar-refractivity contribution in [2.24, 2.45) is 0 Å². The van der Waals surface area contributed by atoms with Crippen LogP contribution >= 0.6 is 0 Å². The number of hydrogen-bond donors (Lipinski definition) is 1. The minimum atomic E-state index is 0.632. The van der Waals surface area contributed by atoms with Gasteiger partial charge in [-0.15, -0.1) is 0 Å². The van der Waals surface area contributed by atoms with Gasteiger partial charge in [-0.2, -0.15) is 0 Å². The van der Waals surface area contributed by atoms with Gasteiger partial charge in [-0.05, 0) is 14.0 Å². The first-order chi connectivity index (χ1) is 5.81. The van der Waals surface area contributed by atoms with E-state index < -0.39 is 0 Å². The van der Waals surface area contributed by atoms with E-state index >= 15 is 0 Å². The number of nitrogens with one attached hydrogen (secondary N) is 1. The monoisotopic (exact) mass is 169 g/mol. The standard InChI is InChI=1S/C9H19N3/c1-8(10-2)9-7-11-3-5-12(9)6-4-11/h8-10H,3-7H2,1-2H3. The summed E-state index contributed by atoms with van der Waals surface area (Å²) in [7, 11) is 2.06. The van der Waals surface area contributed by atoms with Crippen LogP contribution in [0.3, 0.4) is 0 Å². The van der Waals surface area contributed by atoms with Gasteiger partial charge in [0, 0.05) is 44.8 Å². The van der Waals surface area contributed by atoms with Crippen molar-refractivity contribution in [3.05, 3.63) is 0 Å². The van der Waals surface area contributed by atoms with Gasteiger partial charge >= 0.3 is 0 Å². The molecule has 3 nitrogen and oxygen atoms in total. The fourth-order valence-corrected chi connectivity index (χ4v) is 2.32. The van der Waals surface area contributed by atoms with Gasteiger partial charge in [-0.25, -0.2) is 0 Å². The molecule has 3 fully saturated rings. The van der Waals surface area contributed by atoms with Crippen molar-refractivity contribution in [1.82, 2.24) is 15.1 Å². The van der Waals surface area contributed by atoms with Crippen molar-refractivity contribution in [2.45, 2.75) is 19.0 Å². The molecule has 3 heteroatoms. The molecule has 1 N–H and O–H groups in total. The molecule has 0 aromatic rings. The second-order valence-electron chi connectivity index (χ2n) is 3.98. The molecule has 0 spiro atoms. The Morgan fingerprint density at radius 1 is 1.25 bits per heavy atom. The molecule has 12 heavy (non-hydrogen) atoms. The highest BCUT2D eigenvalue weighted by Gasteiger charge is 2.34. The van der Waals surface area contributed by atoms with Gasteiger partial charge < -0.3 is 5.32 Å². The van der Waals surface area contributed by atoms with Gasteiger partial charge in [0.15, 0.2) is 0 Å². The molecule has 70 valence electrons. The van der Waals surface area contributed by atoms with Crippen molar-refractivity contribution in [2.75, 3.05) is 39.8 Å². The Morgan fingerprint density at radius 3 is 2.33 bits per heavy atom. The van der Waals surface area contributed by atoms with Gasteiger partial charge in [0.25, 0.3) is 0 Å². The average Bonchev–Trinajstić information content (AvgIpc) is 2.18. The van der Waals surface area contributed by atoms with E-state index in [1.807, 2.05) is 0 Å². The van der Waals surface area contributed by atoms with Crippen LogP contribution in [0.2, 0.25) is 0 Å². The smallest absolute Gasteiger partial charge is 0.0374 e. The van der Waals surface area contributed by atoms with Crippen LogP contribution in [0.1, 0.15) is 6.92 Å². The molecule has 2 atom stereocenters. The van der Waals surface area contributed by atoms with Gasteiger partial charge in [0.05, 0.1) is 0 Å². The number of fused-ring (bicyclic) bond motifs is 3. The summed E-state index contributed by atoms with van der Waals surface area (Å²) < 4.78 is 0. The lowest BCUT2D eigenvalue weighted by atomic mass is 10.0. The van der Waals surface area contributed by atoms with Gasteiger partial charge in [-0.1, -0.05) is 0 Å². The molecule has 0 amide bonds. The van der Waals surface area contributed by atoms with E-state index in [4.69, 9.17) is 0 Å². The van der Waals surface area contributed by atoms with E-state index in [0.29, 0.717) is 6.04 Å². The maximum Gasteiger partial charge on any atom is 0.0374 e. The van der Waals surface area contributed by atoms with Gasteiger partial charge in [-0.3, -0.25) is 9.80 Å². The van der Waals surface area contributed by atoms with E-state index in [9.17, 15) is 0 Å². The zero-order valence-corrected chi connectivity index (χ0v) is 8.08. The Morgan fingerprint density at radius 2 is 1.92 bits per heavy atom. The molecule has 0 radical (unpaired) electrons. The second-order valence-corrected chi connectivity index (χ2v) is 3.98. The zero-order chi connectivity index (χ0) is 8.55. The highest BCUT2D eigenvalue weighted by atomic mass is 15.4. The largest absolute Gasteiger partial charge is 0.316 e. The van der Waals surface area contributed by atoms with Crippen molar-refractivity contribution in [1.29, 1.82) is 0 Å². The molecule has 0 aliphatic carbocycles. The summed E-state index contributed by atoms with van der Waals surface area (Å²) >= 11 is 0. The van der Waals surface area contributed by atoms with Crippen molar-refractivity contribution in [3.63, 3.8) is 0 Å². The fourth-order valence-electron chi connectivity index (χ4n) is 2.32. The van der Waals surface area contributed by atoms with Crippen molar-refractivity contribution >= 4 is 0 Å². The summed E-state index contributed by atoms with van der Waals surface area (Å²) in [6.45, 7) is 8.67. The predicted molar refractivity (Wildman–Crippen MR) is 50.3 cm³/mol. The zero-order valence-electron chi connectivity index (χ0n) is 8.08. The summed E-state index contributed by atoms with van der Waals surface area (Å²) in [5.41, 5.74) is 0. The number of rotatable bonds is 2. The Bertz CT molecular complexity index is 152. The SMILES string of the molecule is CNC(C)C1CN2CCN1CC2. The summed E-state index contributed by atoms with van der Waals surface area (Å²) in [6, 6.07) is 1.38. The Hall–Kier alpha value is -0.120. The molecular weight excluding hydrogens is 150 g/mol. The lowest BCUT2D eigenvalue weighted by Crippen LogP contribution is -2.65. The van der Waals surface area contributed by atoms with Gasteiger partial charge in [0.1, 0.15) is 0 Å². The van der Waals surface area contributed by atoms with Crippen LogP contribution in [0, 0.1) is 0 Å². The maximum atomic E-state index is 3.35. The van der Waals surface area contributed by atoms with Crippen molar-refractivity contribution < 1.29 is 0 Å². The van der Waals surface area contributed by atoms with Gasteiger partial charge in [0.2, 0.25) is 0 Å². The van der Waals surface area contributed by atoms with Crippen LogP contribution in [0.5, 0.6) is 0 Å². The number of likely N-dealkylation sites (N-methyl/N-ethyl adjacent to an activating group) is 1. The van der Waals surface area contributed by atoms with Crippen molar-refractivity contribution in [3.8, 4) is 0 Å². The molecule has 0 aromatic carbocycles. The predicted octanol–water partition coefficient (Wildman–Crippen LogP) is -0.406. The first kappa shape index (κ1) is 8.48. The quantitative estimate of drug-likeness (QED) is 0.606. The highest BCUT2D eigenvalue weighted by Crippen LogP contribution is 2.17. The number of nitrogens with zero attached hydrogens (tertiary/aromatic N) is 2. The van der Waals surface area contributed by atoms with Crippen LogP contribution in [0.25, 0.3) is 0 Å². The van der Waals surface area contributed by atoms with E-state index in [1.54, 1.807) is 0 Å². The minimum Gasteiger partial charge on any atom is -0.316 e. The van der Waals surface area contributed by atoms with E-state index in [0.717, 1.165) is 6.04 Å². The average molecular weight is 169 g/mol. The number of piperazine rings is 3. The molecule has 3 aliphatic rings. The minimum absolute atomic E-state index is 0.632. The fraction of sp³-hybridized carbons (Fsp3) is 1.00. The van der Waals surface area contributed by atoms with E-state index in [2.05, 4.69) is 29.1 Å². The molecule has 3 rings (SSSR count). The van der Waals surface area contributed by atoms with E-state index in [-0.39, 0.29) is 0 Å². The lowest BCUT2D eigenvalue weighted by molar-refractivity contribution is 0.000663. The lowest BCUT2D eigenvalue weighted by Gasteiger charge is -2.49. The van der Waals surface area contributed by atoms with Crippen LogP contribution in [0.4, 0.5) is 0 Å². The molecular formula is C9H19N3. The Balaban J connectivity index is 1.99. The molecule has 3 saturated heterocycles. The van der Waals surface area contributed by atoms with E-state index in [1.165, 1.54) is 32.7 Å². The molecule has 0 saturated carbocycles. The van der Waals surface area contributed by atoms with Crippen LogP contribution in [-0.2, 0) is 0 Å². The third-order valence-corrected chi connectivity index (χ3v) is 3.35. The maximum absolute atomic E-state index is 3.35. The summed E-state index contributed by atoms with van der Waals surface area (Å²) in [5.74, 6) is 0. The molecule has 2 bridgehead atoms. The third kappa shape index (κ3) is 1.37.